The summed E-state index contributed by atoms with van der Waals surface area (Å²) in [6.45, 7) is 0.603. The van der Waals surface area contributed by atoms with Crippen molar-refractivity contribution in [1.29, 1.82) is 0 Å². The maximum atomic E-state index is 13.9. The molecule has 0 spiro atoms. The average Bonchev–Trinajstić information content (AvgIpc) is 2.61. The lowest BCUT2D eigenvalue weighted by Gasteiger charge is -2.36. The van der Waals surface area contributed by atoms with Gasteiger partial charge in [-0.1, -0.05) is 64.6 Å². The van der Waals surface area contributed by atoms with E-state index in [0.717, 1.165) is 12.1 Å². The van der Waals surface area contributed by atoms with Crippen LogP contribution in [0.15, 0.2) is 42.5 Å². The number of hydrogen-bond donors (Lipinski definition) is 2. The summed E-state index contributed by atoms with van der Waals surface area (Å²) in [5, 5.41) is 0.432. The highest BCUT2D eigenvalue weighted by Gasteiger charge is 2.40. The highest BCUT2D eigenvalue weighted by Crippen LogP contribution is 2.36. The molecule has 5 nitrogen and oxygen atoms in total. The van der Waals surface area contributed by atoms with Gasteiger partial charge in [-0.3, -0.25) is 4.18 Å². The van der Waals surface area contributed by atoms with Crippen molar-refractivity contribution in [2.45, 2.75) is 22.3 Å². The van der Waals surface area contributed by atoms with Crippen molar-refractivity contribution < 1.29 is 21.4 Å². The third kappa shape index (κ3) is 6.63. The van der Waals surface area contributed by atoms with Crippen molar-refractivity contribution in [1.82, 2.24) is 4.72 Å². The Labute approximate surface area is 187 Å². The van der Waals surface area contributed by atoms with E-state index in [1.165, 1.54) is 13.0 Å². The highest BCUT2D eigenvalue weighted by molar-refractivity contribution is 7.84. The first kappa shape index (κ1) is 24.6. The molecule has 2 atom stereocenters. The molecule has 160 valence electrons. The average molecular weight is 508 g/mol. The second kappa shape index (κ2) is 9.20. The van der Waals surface area contributed by atoms with Crippen LogP contribution in [0.1, 0.15) is 24.1 Å². The molecular formula is C17H16Cl4F2N2O3S. The lowest BCUT2D eigenvalue weighted by molar-refractivity contribution is 0.282. The molecule has 0 aromatic heterocycles. The first-order chi connectivity index (χ1) is 13.2. The van der Waals surface area contributed by atoms with Crippen LogP contribution in [0.4, 0.5) is 8.78 Å². The number of halogens is 6. The number of nitrogens with two attached hydrogens (primary N) is 1. The van der Waals surface area contributed by atoms with Crippen LogP contribution >= 0.6 is 46.4 Å². The summed E-state index contributed by atoms with van der Waals surface area (Å²) in [7, 11) is -4.53. The second-order valence-electron chi connectivity index (χ2n) is 6.29. The monoisotopic (exact) mass is 506 g/mol. The molecule has 0 amide bonds. The lowest BCUT2D eigenvalue weighted by atomic mass is 9.82. The largest absolute Gasteiger partial charge is 0.336 e. The minimum Gasteiger partial charge on any atom is -0.322 e. The molecule has 0 saturated heterocycles. The number of hydrogen-bond acceptors (Lipinski definition) is 4. The number of alkyl halides is 3. The van der Waals surface area contributed by atoms with E-state index >= 15 is 0 Å². The molecule has 3 N–H and O–H groups in total. The van der Waals surface area contributed by atoms with Crippen LogP contribution in [0.25, 0.3) is 0 Å². The maximum absolute atomic E-state index is 13.9. The van der Waals surface area contributed by atoms with Gasteiger partial charge in [-0.2, -0.15) is 13.1 Å². The summed E-state index contributed by atoms with van der Waals surface area (Å²) in [6, 6.07) is 8.08. The number of benzene rings is 2. The molecule has 2 aromatic rings. The molecule has 12 heteroatoms. The van der Waals surface area contributed by atoms with Gasteiger partial charge in [0.15, 0.2) is 11.6 Å². The van der Waals surface area contributed by atoms with E-state index in [4.69, 9.17) is 56.3 Å². The van der Waals surface area contributed by atoms with Gasteiger partial charge >= 0.3 is 10.3 Å². The van der Waals surface area contributed by atoms with E-state index in [1.54, 1.807) is 24.3 Å². The molecule has 0 heterocycles. The summed E-state index contributed by atoms with van der Waals surface area (Å²) < 4.78 is 57.1. The Morgan fingerprint density at radius 1 is 1.10 bits per heavy atom. The van der Waals surface area contributed by atoms with E-state index in [2.05, 4.69) is 4.72 Å². The molecule has 2 aromatic carbocycles. The first-order valence-corrected chi connectivity index (χ1v) is 10.9. The Morgan fingerprint density at radius 3 is 2.21 bits per heavy atom. The Balaban J connectivity index is 2.49. The zero-order valence-electron chi connectivity index (χ0n) is 14.8. The Morgan fingerprint density at radius 2 is 1.69 bits per heavy atom. The molecule has 29 heavy (non-hydrogen) atoms. The van der Waals surface area contributed by atoms with Crippen molar-refractivity contribution >= 4 is 56.7 Å². The SMILES string of the molecule is CC(NS(=O)(=O)OCC(Cl)(Cl)Cl)(c1ccc(F)c(F)c1)C(N)c1ccc(Cl)cc1. The van der Waals surface area contributed by atoms with Crippen molar-refractivity contribution in [2.75, 3.05) is 6.61 Å². The third-order valence-electron chi connectivity index (χ3n) is 4.09. The lowest BCUT2D eigenvalue weighted by Crippen LogP contribution is -2.51. The molecule has 0 fully saturated rings. The van der Waals surface area contributed by atoms with Crippen LogP contribution in [-0.4, -0.2) is 18.8 Å². The molecule has 0 aliphatic carbocycles. The van der Waals surface area contributed by atoms with Crippen LogP contribution in [-0.2, 0) is 20.0 Å². The summed E-state index contributed by atoms with van der Waals surface area (Å²) in [4.78, 5) is 0. The van der Waals surface area contributed by atoms with Crippen LogP contribution in [0, 0.1) is 11.6 Å². The maximum Gasteiger partial charge on any atom is 0.336 e. The fourth-order valence-corrected chi connectivity index (χ4v) is 4.20. The Bertz CT molecular complexity index is 972. The Hall–Kier alpha value is -0.710. The van der Waals surface area contributed by atoms with E-state index in [-0.39, 0.29) is 5.56 Å². The fraction of sp³-hybridized carbons (Fsp3) is 0.294. The van der Waals surface area contributed by atoms with E-state index in [1.807, 2.05) is 0 Å². The van der Waals surface area contributed by atoms with Crippen molar-refractivity contribution in [3.63, 3.8) is 0 Å². The normalized spacial score (nSPS) is 15.7. The van der Waals surface area contributed by atoms with Gasteiger partial charge in [0, 0.05) is 5.02 Å². The summed E-state index contributed by atoms with van der Waals surface area (Å²) in [6.07, 6.45) is 0. The summed E-state index contributed by atoms with van der Waals surface area (Å²) in [5.74, 6) is -2.29. The summed E-state index contributed by atoms with van der Waals surface area (Å²) in [5.41, 5.74) is 5.15. The minimum absolute atomic E-state index is 0.0416. The van der Waals surface area contributed by atoms with Gasteiger partial charge < -0.3 is 5.73 Å². The third-order valence-corrected chi connectivity index (χ3v) is 5.77. The molecular weight excluding hydrogens is 492 g/mol. The van der Waals surface area contributed by atoms with Crippen LogP contribution in [0.5, 0.6) is 0 Å². The molecule has 2 rings (SSSR count). The van der Waals surface area contributed by atoms with E-state index in [9.17, 15) is 17.2 Å². The molecule has 0 saturated carbocycles. The number of nitrogens with one attached hydrogen (secondary N) is 1. The van der Waals surface area contributed by atoms with E-state index in [0.29, 0.717) is 10.6 Å². The van der Waals surface area contributed by atoms with Gasteiger partial charge in [0.25, 0.3) is 0 Å². The van der Waals surface area contributed by atoms with Gasteiger partial charge in [0.2, 0.25) is 3.79 Å². The Kier molecular flexibility index (Phi) is 7.79. The van der Waals surface area contributed by atoms with Crippen LogP contribution in [0.3, 0.4) is 0 Å². The first-order valence-electron chi connectivity index (χ1n) is 7.95. The topological polar surface area (TPSA) is 81.4 Å². The smallest absolute Gasteiger partial charge is 0.322 e. The van der Waals surface area contributed by atoms with E-state index < -0.39 is 43.9 Å². The van der Waals surface area contributed by atoms with Gasteiger partial charge in [-0.25, -0.2) is 8.78 Å². The van der Waals surface area contributed by atoms with Crippen molar-refractivity contribution in [3.05, 3.63) is 70.2 Å². The van der Waals surface area contributed by atoms with Crippen molar-refractivity contribution in [2.24, 2.45) is 5.73 Å². The highest BCUT2D eigenvalue weighted by atomic mass is 35.6. The predicted octanol–water partition coefficient (Wildman–Crippen LogP) is 4.75. The minimum atomic E-state index is -4.53. The standard InChI is InChI=1S/C17H16Cl4F2N2O3S/c1-16(11-4-7-13(22)14(23)8-11,15(24)10-2-5-12(18)6-3-10)25-29(26,27)28-9-17(19,20)21/h2-8,15,25H,9,24H2,1H3. The molecule has 0 radical (unpaired) electrons. The second-order valence-corrected chi connectivity index (χ2v) is 10.6. The predicted molar refractivity (Wildman–Crippen MR) is 110 cm³/mol. The van der Waals surface area contributed by atoms with Gasteiger partial charge in [0.05, 0.1) is 11.6 Å². The zero-order valence-corrected chi connectivity index (χ0v) is 18.6. The fourth-order valence-electron chi connectivity index (χ4n) is 2.56. The number of rotatable bonds is 7. The molecule has 0 aliphatic rings. The van der Waals surface area contributed by atoms with Crippen molar-refractivity contribution in [3.8, 4) is 0 Å². The van der Waals surface area contributed by atoms with Gasteiger partial charge in [0.1, 0.15) is 6.61 Å². The molecule has 2 unspecified atom stereocenters. The van der Waals surface area contributed by atoms with Crippen LogP contribution in [0.2, 0.25) is 5.02 Å². The van der Waals surface area contributed by atoms with Crippen LogP contribution < -0.4 is 10.5 Å². The quantitative estimate of drug-likeness (QED) is 0.529. The summed E-state index contributed by atoms with van der Waals surface area (Å²) >= 11 is 22.4. The zero-order chi connectivity index (χ0) is 22.0. The molecule has 0 aliphatic heterocycles. The van der Waals surface area contributed by atoms with Gasteiger partial charge in [-0.05, 0) is 42.3 Å². The van der Waals surface area contributed by atoms with Gasteiger partial charge in [-0.15, -0.1) is 0 Å². The molecule has 0 bridgehead atoms.